The molecule has 3 aromatic carbocycles. The molecule has 3 aromatic rings. The van der Waals surface area contributed by atoms with E-state index in [0.717, 1.165) is 21.3 Å². The van der Waals surface area contributed by atoms with E-state index in [1.807, 2.05) is 81.5 Å². The SMILES string of the molecule is CC(C)(C)C(=O)[C@@H]1[C@H](c2ccccc2)C2(C(=O)c3ccccc3C2=O)[C@@H]2C=Cc3cc(Br)ccc3N12. The van der Waals surface area contributed by atoms with Crippen molar-refractivity contribution in [2.24, 2.45) is 10.8 Å². The highest BCUT2D eigenvalue weighted by Gasteiger charge is 2.71. The van der Waals surface area contributed by atoms with Crippen molar-refractivity contribution in [3.8, 4) is 0 Å². The van der Waals surface area contributed by atoms with E-state index < -0.39 is 28.8 Å². The number of ketones is 3. The van der Waals surface area contributed by atoms with Crippen LogP contribution in [0.3, 0.4) is 0 Å². The van der Waals surface area contributed by atoms with Gasteiger partial charge in [0, 0.05) is 32.6 Å². The Kier molecular flexibility index (Phi) is 5.03. The van der Waals surface area contributed by atoms with E-state index in [2.05, 4.69) is 20.8 Å². The monoisotopic (exact) mass is 539 g/mol. The van der Waals surface area contributed by atoms with Crippen molar-refractivity contribution in [1.82, 2.24) is 0 Å². The van der Waals surface area contributed by atoms with Crippen molar-refractivity contribution < 1.29 is 14.4 Å². The zero-order valence-corrected chi connectivity index (χ0v) is 22.0. The first kappa shape index (κ1) is 23.1. The summed E-state index contributed by atoms with van der Waals surface area (Å²) in [5, 5.41) is 0. The molecule has 2 aliphatic heterocycles. The molecular formula is C31H26BrNO3. The van der Waals surface area contributed by atoms with E-state index in [4.69, 9.17) is 0 Å². The van der Waals surface area contributed by atoms with Gasteiger partial charge in [-0.05, 0) is 29.3 Å². The number of fused-ring (bicyclic) bond motifs is 5. The Bertz CT molecular complexity index is 1430. The van der Waals surface area contributed by atoms with Crippen molar-refractivity contribution in [3.63, 3.8) is 0 Å². The zero-order chi connectivity index (χ0) is 25.4. The summed E-state index contributed by atoms with van der Waals surface area (Å²) >= 11 is 3.56. The molecule has 0 unspecified atom stereocenters. The van der Waals surface area contributed by atoms with Crippen LogP contribution >= 0.6 is 15.9 Å². The van der Waals surface area contributed by atoms with E-state index in [1.165, 1.54) is 0 Å². The second-order valence-electron chi connectivity index (χ2n) is 10.9. The standard InChI is InChI=1S/C31H26BrNO3/c1-30(2,3)29(36)26-25(18-9-5-4-6-10-18)31(27(34)21-11-7-8-12-22(21)28(31)35)24-16-13-19-17-20(32)14-15-23(19)33(24)26/h4-17,24-26H,1-3H3/t24-,25-,26-/m0/s1. The Morgan fingerprint density at radius 3 is 2.11 bits per heavy atom. The summed E-state index contributed by atoms with van der Waals surface area (Å²) in [4.78, 5) is 45.3. The number of hydrogen-bond donors (Lipinski definition) is 0. The first-order valence-electron chi connectivity index (χ1n) is 12.2. The van der Waals surface area contributed by atoms with Crippen LogP contribution in [0.2, 0.25) is 0 Å². The smallest absolute Gasteiger partial charge is 0.180 e. The Morgan fingerprint density at radius 1 is 0.889 bits per heavy atom. The lowest BCUT2D eigenvalue weighted by molar-refractivity contribution is -0.127. The van der Waals surface area contributed by atoms with Gasteiger partial charge in [-0.15, -0.1) is 0 Å². The number of halogens is 1. The van der Waals surface area contributed by atoms with Crippen molar-refractivity contribution in [2.75, 3.05) is 4.90 Å². The molecule has 3 atom stereocenters. The number of nitrogens with zero attached hydrogens (tertiary/aromatic N) is 1. The van der Waals surface area contributed by atoms with Crippen molar-refractivity contribution in [3.05, 3.63) is 106 Å². The molecule has 1 saturated heterocycles. The second-order valence-corrected chi connectivity index (χ2v) is 11.9. The van der Waals surface area contributed by atoms with Crippen LogP contribution in [0.25, 0.3) is 6.08 Å². The molecule has 0 bridgehead atoms. The molecule has 5 heteroatoms. The van der Waals surface area contributed by atoms with E-state index in [1.54, 1.807) is 24.3 Å². The highest BCUT2D eigenvalue weighted by Crippen LogP contribution is 2.61. The van der Waals surface area contributed by atoms with Crippen LogP contribution in [0.1, 0.15) is 58.5 Å². The average Bonchev–Trinajstić information content (AvgIpc) is 3.29. The lowest BCUT2D eigenvalue weighted by Gasteiger charge is -2.38. The summed E-state index contributed by atoms with van der Waals surface area (Å²) < 4.78 is 0.928. The summed E-state index contributed by atoms with van der Waals surface area (Å²) in [7, 11) is 0. The molecule has 1 spiro atoms. The molecule has 180 valence electrons. The predicted octanol–water partition coefficient (Wildman–Crippen LogP) is 6.50. The number of carbonyl (C=O) groups excluding carboxylic acids is 3. The summed E-state index contributed by atoms with van der Waals surface area (Å²) in [5.74, 6) is -1.01. The van der Waals surface area contributed by atoms with Crippen LogP contribution in [0.15, 0.2) is 83.3 Å². The third-order valence-electron chi connectivity index (χ3n) is 7.93. The minimum Gasteiger partial charge on any atom is -0.352 e. The van der Waals surface area contributed by atoms with Crippen molar-refractivity contribution in [1.29, 1.82) is 0 Å². The first-order chi connectivity index (χ1) is 17.2. The average molecular weight is 540 g/mol. The molecule has 2 heterocycles. The van der Waals surface area contributed by atoms with Crippen LogP contribution in [0, 0.1) is 10.8 Å². The van der Waals surface area contributed by atoms with Gasteiger partial charge in [-0.25, -0.2) is 0 Å². The van der Waals surface area contributed by atoms with Crippen molar-refractivity contribution in [2.45, 2.75) is 38.8 Å². The molecule has 3 aliphatic rings. The number of anilines is 1. The van der Waals surface area contributed by atoms with Gasteiger partial charge in [0.25, 0.3) is 0 Å². The van der Waals surface area contributed by atoms with E-state index in [9.17, 15) is 14.4 Å². The number of hydrogen-bond acceptors (Lipinski definition) is 4. The maximum atomic E-state index is 14.5. The van der Waals surface area contributed by atoms with Gasteiger partial charge in [0.15, 0.2) is 17.3 Å². The fraction of sp³-hybridized carbons (Fsp3) is 0.258. The molecular weight excluding hydrogens is 514 g/mol. The lowest BCUT2D eigenvalue weighted by atomic mass is 9.63. The predicted molar refractivity (Wildman–Crippen MR) is 144 cm³/mol. The quantitative estimate of drug-likeness (QED) is 0.349. The maximum Gasteiger partial charge on any atom is 0.180 e. The summed E-state index contributed by atoms with van der Waals surface area (Å²) in [6.07, 6.45) is 3.95. The highest BCUT2D eigenvalue weighted by molar-refractivity contribution is 9.10. The third kappa shape index (κ3) is 2.95. The molecule has 0 aromatic heterocycles. The summed E-state index contributed by atoms with van der Waals surface area (Å²) in [6, 6.07) is 21.4. The van der Waals surface area contributed by atoms with Gasteiger partial charge < -0.3 is 4.90 Å². The summed E-state index contributed by atoms with van der Waals surface area (Å²) in [6.45, 7) is 5.73. The van der Waals surface area contributed by atoms with Crippen LogP contribution in [-0.2, 0) is 4.79 Å². The Balaban J connectivity index is 1.70. The zero-order valence-electron chi connectivity index (χ0n) is 20.4. The number of carbonyl (C=O) groups is 3. The third-order valence-corrected chi connectivity index (χ3v) is 8.43. The first-order valence-corrected chi connectivity index (χ1v) is 13.0. The highest BCUT2D eigenvalue weighted by atomic mass is 79.9. The van der Waals surface area contributed by atoms with Gasteiger partial charge in [-0.2, -0.15) is 0 Å². The number of benzene rings is 3. The van der Waals surface area contributed by atoms with Gasteiger partial charge >= 0.3 is 0 Å². The summed E-state index contributed by atoms with van der Waals surface area (Å²) in [5.41, 5.74) is 1.43. The minimum atomic E-state index is -1.43. The molecule has 1 fully saturated rings. The van der Waals surface area contributed by atoms with Crippen LogP contribution in [0.4, 0.5) is 5.69 Å². The van der Waals surface area contributed by atoms with Crippen LogP contribution < -0.4 is 4.90 Å². The maximum absolute atomic E-state index is 14.5. The van der Waals surface area contributed by atoms with E-state index >= 15 is 0 Å². The second kappa shape index (κ2) is 7.84. The lowest BCUT2D eigenvalue weighted by Crippen LogP contribution is -2.49. The Morgan fingerprint density at radius 2 is 1.50 bits per heavy atom. The molecule has 6 rings (SSSR count). The van der Waals surface area contributed by atoms with Crippen LogP contribution in [-0.4, -0.2) is 29.4 Å². The van der Waals surface area contributed by atoms with Gasteiger partial charge in [-0.1, -0.05) is 103 Å². The van der Waals surface area contributed by atoms with Crippen LogP contribution in [0.5, 0.6) is 0 Å². The fourth-order valence-corrected chi connectivity index (χ4v) is 6.80. The molecule has 0 N–H and O–H groups in total. The molecule has 36 heavy (non-hydrogen) atoms. The fourth-order valence-electron chi connectivity index (χ4n) is 6.42. The van der Waals surface area contributed by atoms with E-state index in [-0.39, 0.29) is 17.3 Å². The molecule has 4 nitrogen and oxygen atoms in total. The minimum absolute atomic E-state index is 0.0129. The molecule has 0 saturated carbocycles. The largest absolute Gasteiger partial charge is 0.352 e. The van der Waals surface area contributed by atoms with Gasteiger partial charge in [-0.3, -0.25) is 14.4 Å². The Labute approximate surface area is 219 Å². The topological polar surface area (TPSA) is 54.5 Å². The molecule has 0 radical (unpaired) electrons. The number of rotatable bonds is 2. The Hall–Kier alpha value is -3.31. The number of Topliss-reactive ketones (excluding diaryl/α,β-unsaturated/α-hetero) is 3. The van der Waals surface area contributed by atoms with Gasteiger partial charge in [0.2, 0.25) is 0 Å². The van der Waals surface area contributed by atoms with Gasteiger partial charge in [0.05, 0.1) is 12.1 Å². The van der Waals surface area contributed by atoms with Gasteiger partial charge in [0.1, 0.15) is 5.41 Å². The molecule has 0 amide bonds. The van der Waals surface area contributed by atoms with E-state index in [0.29, 0.717) is 11.1 Å². The normalized spacial score (nSPS) is 23.6. The van der Waals surface area contributed by atoms with Crippen molar-refractivity contribution >= 4 is 45.0 Å². The molecule has 1 aliphatic carbocycles.